The Morgan fingerprint density at radius 2 is 2.00 bits per heavy atom. The van der Waals surface area contributed by atoms with Crippen LogP contribution < -0.4 is 10.6 Å². The third kappa shape index (κ3) is 6.69. The minimum absolute atomic E-state index is 0.0254. The van der Waals surface area contributed by atoms with Crippen LogP contribution in [0, 0.1) is 0 Å². The van der Waals surface area contributed by atoms with Gasteiger partial charge in [0.25, 0.3) is 5.91 Å². The van der Waals surface area contributed by atoms with E-state index < -0.39 is 0 Å². The number of amides is 2. The average Bonchev–Trinajstić information content (AvgIpc) is 2.86. The van der Waals surface area contributed by atoms with Crippen molar-refractivity contribution in [1.82, 2.24) is 10.6 Å². The number of hydrogen-bond donors (Lipinski definition) is 2. The van der Waals surface area contributed by atoms with E-state index in [1.54, 1.807) is 19.2 Å². The van der Waals surface area contributed by atoms with Crippen molar-refractivity contribution in [3.05, 3.63) is 22.6 Å². The first-order chi connectivity index (χ1) is 9.63. The van der Waals surface area contributed by atoms with E-state index in [-0.39, 0.29) is 24.2 Å². The lowest BCUT2D eigenvalue weighted by Gasteiger charge is -2.06. The van der Waals surface area contributed by atoms with Crippen LogP contribution in [0.1, 0.15) is 10.6 Å². The van der Waals surface area contributed by atoms with Gasteiger partial charge in [0.2, 0.25) is 5.91 Å². The van der Waals surface area contributed by atoms with Crippen molar-refractivity contribution in [1.29, 1.82) is 0 Å². The first kappa shape index (κ1) is 16.7. The minimum Gasteiger partial charge on any atom is -0.444 e. The normalized spacial score (nSPS) is 10.3. The number of furan rings is 1. The molecular weight excluding hydrogens is 332 g/mol. The SMILES string of the molecule is COCCOCC(=O)NCCNC(=O)c1ccc(Br)o1. The summed E-state index contributed by atoms with van der Waals surface area (Å²) < 4.78 is 15.4. The Morgan fingerprint density at radius 3 is 2.65 bits per heavy atom. The van der Waals surface area contributed by atoms with Gasteiger partial charge in [-0.05, 0) is 28.1 Å². The van der Waals surface area contributed by atoms with Crippen LogP contribution in [0.2, 0.25) is 0 Å². The second kappa shape index (κ2) is 9.51. The zero-order valence-electron chi connectivity index (χ0n) is 11.1. The van der Waals surface area contributed by atoms with E-state index in [9.17, 15) is 9.59 Å². The molecule has 0 spiro atoms. The van der Waals surface area contributed by atoms with Crippen LogP contribution in [0.4, 0.5) is 0 Å². The largest absolute Gasteiger partial charge is 0.444 e. The highest BCUT2D eigenvalue weighted by atomic mass is 79.9. The van der Waals surface area contributed by atoms with E-state index >= 15 is 0 Å². The summed E-state index contributed by atoms with van der Waals surface area (Å²) in [4.78, 5) is 22.9. The van der Waals surface area contributed by atoms with Gasteiger partial charge in [-0.3, -0.25) is 9.59 Å². The summed E-state index contributed by atoms with van der Waals surface area (Å²) in [5.41, 5.74) is 0. The molecule has 0 atom stereocenters. The van der Waals surface area contributed by atoms with Gasteiger partial charge in [0.1, 0.15) is 6.61 Å². The Kier molecular flexibility index (Phi) is 7.93. The summed E-state index contributed by atoms with van der Waals surface area (Å²) >= 11 is 3.11. The Labute approximate surface area is 125 Å². The predicted molar refractivity (Wildman–Crippen MR) is 74.4 cm³/mol. The average molecular weight is 349 g/mol. The number of methoxy groups -OCH3 is 1. The molecule has 1 heterocycles. The van der Waals surface area contributed by atoms with Crippen molar-refractivity contribution in [3.63, 3.8) is 0 Å². The highest BCUT2D eigenvalue weighted by molar-refractivity contribution is 9.10. The molecule has 2 amide bonds. The lowest BCUT2D eigenvalue weighted by molar-refractivity contribution is -0.126. The molecule has 0 bridgehead atoms. The van der Waals surface area contributed by atoms with Crippen LogP contribution in [0.5, 0.6) is 0 Å². The molecular formula is C12H17BrN2O5. The van der Waals surface area contributed by atoms with Gasteiger partial charge in [-0.15, -0.1) is 0 Å². The van der Waals surface area contributed by atoms with Crippen molar-refractivity contribution in [2.24, 2.45) is 0 Å². The fourth-order valence-corrected chi connectivity index (χ4v) is 1.57. The van der Waals surface area contributed by atoms with E-state index in [1.807, 2.05) is 0 Å². The summed E-state index contributed by atoms with van der Waals surface area (Å²) in [6, 6.07) is 3.19. The monoisotopic (exact) mass is 348 g/mol. The molecule has 8 heteroatoms. The lowest BCUT2D eigenvalue weighted by Crippen LogP contribution is -2.36. The summed E-state index contributed by atoms with van der Waals surface area (Å²) in [6.45, 7) is 1.42. The molecule has 0 aromatic carbocycles. The van der Waals surface area contributed by atoms with E-state index in [1.165, 1.54) is 0 Å². The maximum Gasteiger partial charge on any atom is 0.287 e. The van der Waals surface area contributed by atoms with Crippen molar-refractivity contribution in [2.75, 3.05) is 40.0 Å². The molecule has 0 aliphatic carbocycles. The number of nitrogens with one attached hydrogen (secondary N) is 2. The third-order valence-corrected chi connectivity index (χ3v) is 2.62. The van der Waals surface area contributed by atoms with Crippen molar-refractivity contribution in [3.8, 4) is 0 Å². The molecule has 7 nitrogen and oxygen atoms in total. The molecule has 1 aromatic rings. The minimum atomic E-state index is -0.332. The van der Waals surface area contributed by atoms with E-state index in [0.717, 1.165) is 0 Å². The topological polar surface area (TPSA) is 89.8 Å². The zero-order chi connectivity index (χ0) is 14.8. The fourth-order valence-electron chi connectivity index (χ4n) is 1.26. The predicted octanol–water partition coefficient (Wildman–Crippen LogP) is 0.551. The maximum absolute atomic E-state index is 11.6. The van der Waals surface area contributed by atoms with E-state index in [4.69, 9.17) is 13.9 Å². The Morgan fingerprint density at radius 1 is 1.25 bits per heavy atom. The molecule has 112 valence electrons. The van der Waals surface area contributed by atoms with Gasteiger partial charge in [-0.1, -0.05) is 0 Å². The van der Waals surface area contributed by atoms with Crippen LogP contribution in [0.25, 0.3) is 0 Å². The second-order valence-corrected chi connectivity index (χ2v) is 4.54. The lowest BCUT2D eigenvalue weighted by atomic mass is 10.4. The van der Waals surface area contributed by atoms with Gasteiger partial charge in [0, 0.05) is 20.2 Å². The summed E-state index contributed by atoms with van der Waals surface area (Å²) in [5.74, 6) is -0.358. The Bertz CT molecular complexity index is 435. The number of rotatable bonds is 9. The summed E-state index contributed by atoms with van der Waals surface area (Å²) in [7, 11) is 1.56. The van der Waals surface area contributed by atoms with Crippen molar-refractivity contribution >= 4 is 27.7 Å². The highest BCUT2D eigenvalue weighted by Gasteiger charge is 2.09. The second-order valence-electron chi connectivity index (χ2n) is 3.75. The van der Waals surface area contributed by atoms with Crippen molar-refractivity contribution < 1.29 is 23.5 Å². The van der Waals surface area contributed by atoms with Crippen molar-refractivity contribution in [2.45, 2.75) is 0 Å². The van der Waals surface area contributed by atoms with Gasteiger partial charge < -0.3 is 24.5 Å². The summed E-state index contributed by atoms with van der Waals surface area (Å²) in [5, 5.41) is 5.23. The molecule has 0 unspecified atom stereocenters. The molecule has 0 radical (unpaired) electrons. The van der Waals surface area contributed by atoms with Gasteiger partial charge in [0.05, 0.1) is 13.2 Å². The number of hydrogen-bond acceptors (Lipinski definition) is 5. The van der Waals surface area contributed by atoms with Gasteiger partial charge in [0.15, 0.2) is 10.4 Å². The molecule has 0 fully saturated rings. The van der Waals surface area contributed by atoms with Gasteiger partial charge in [-0.2, -0.15) is 0 Å². The smallest absolute Gasteiger partial charge is 0.287 e. The van der Waals surface area contributed by atoms with Crippen LogP contribution >= 0.6 is 15.9 Å². The molecule has 0 aliphatic rings. The molecule has 0 saturated heterocycles. The quantitative estimate of drug-likeness (QED) is 0.636. The maximum atomic E-state index is 11.6. The number of carbonyl (C=O) groups excluding carboxylic acids is 2. The zero-order valence-corrected chi connectivity index (χ0v) is 12.7. The molecule has 2 N–H and O–H groups in total. The fraction of sp³-hybridized carbons (Fsp3) is 0.500. The Balaban J connectivity index is 2.06. The highest BCUT2D eigenvalue weighted by Crippen LogP contribution is 2.13. The molecule has 1 rings (SSSR count). The van der Waals surface area contributed by atoms with Crippen LogP contribution in [0.3, 0.4) is 0 Å². The molecule has 0 aliphatic heterocycles. The van der Waals surface area contributed by atoms with E-state index in [0.29, 0.717) is 31.0 Å². The van der Waals surface area contributed by atoms with Crippen LogP contribution in [0.15, 0.2) is 21.2 Å². The number of halogens is 1. The van der Waals surface area contributed by atoms with Crippen LogP contribution in [-0.4, -0.2) is 51.8 Å². The molecule has 20 heavy (non-hydrogen) atoms. The first-order valence-electron chi connectivity index (χ1n) is 6.00. The third-order valence-electron chi connectivity index (χ3n) is 2.19. The molecule has 0 saturated carbocycles. The van der Waals surface area contributed by atoms with Gasteiger partial charge >= 0.3 is 0 Å². The Hall–Kier alpha value is -1.38. The summed E-state index contributed by atoms with van der Waals surface area (Å²) in [6.07, 6.45) is 0. The van der Waals surface area contributed by atoms with E-state index in [2.05, 4.69) is 26.6 Å². The molecule has 1 aromatic heterocycles. The number of carbonyl (C=O) groups is 2. The van der Waals surface area contributed by atoms with Crippen LogP contribution in [-0.2, 0) is 14.3 Å². The van der Waals surface area contributed by atoms with Gasteiger partial charge in [-0.25, -0.2) is 0 Å². The number of ether oxygens (including phenoxy) is 2. The standard InChI is InChI=1S/C12H17BrN2O5/c1-18-6-7-19-8-11(16)14-4-5-15-12(17)9-2-3-10(13)20-9/h2-3H,4-8H2,1H3,(H,14,16)(H,15,17). The first-order valence-corrected chi connectivity index (χ1v) is 6.79.